The Balaban J connectivity index is 1.68. The van der Waals surface area contributed by atoms with Gasteiger partial charge in [0.1, 0.15) is 0 Å². The molecule has 0 aromatic carbocycles. The van der Waals surface area contributed by atoms with Crippen molar-refractivity contribution in [2.24, 2.45) is 11.8 Å². The summed E-state index contributed by atoms with van der Waals surface area (Å²) in [6.07, 6.45) is 6.20. The topological polar surface area (TPSA) is 52.7 Å². The number of piperazine rings is 1. The average Bonchev–Trinajstić information content (AvgIpc) is 3.08. The van der Waals surface area contributed by atoms with E-state index in [1.54, 1.807) is 0 Å². The van der Waals surface area contributed by atoms with Crippen molar-refractivity contribution in [1.29, 1.82) is 0 Å². The van der Waals surface area contributed by atoms with Crippen LogP contribution in [0.4, 0.5) is 0 Å². The molecule has 0 bridgehead atoms. The summed E-state index contributed by atoms with van der Waals surface area (Å²) >= 11 is 0. The Bertz CT molecular complexity index is 420. The van der Waals surface area contributed by atoms with E-state index in [0.29, 0.717) is 6.04 Å². The van der Waals surface area contributed by atoms with Gasteiger partial charge in [-0.1, -0.05) is 12.8 Å². The van der Waals surface area contributed by atoms with Crippen molar-refractivity contribution < 1.29 is 9.59 Å². The third-order valence-electron chi connectivity index (χ3n) is 5.50. The molecular weight excluding hydrogens is 278 g/mol. The fraction of sp³-hybridized carbons (Fsp3) is 0.882. The van der Waals surface area contributed by atoms with Crippen LogP contribution in [0.1, 0.15) is 45.4 Å². The Morgan fingerprint density at radius 1 is 0.864 bits per heavy atom. The maximum atomic E-state index is 13.0. The van der Waals surface area contributed by atoms with E-state index in [4.69, 9.17) is 0 Å². The molecule has 0 aromatic heterocycles. The van der Waals surface area contributed by atoms with Crippen molar-refractivity contribution in [3.8, 4) is 0 Å². The summed E-state index contributed by atoms with van der Waals surface area (Å²) in [5.74, 6) is 0.334. The number of amides is 2. The summed E-state index contributed by atoms with van der Waals surface area (Å²) in [6, 6.07) is 0.356. The van der Waals surface area contributed by atoms with E-state index in [1.165, 1.54) is 0 Å². The van der Waals surface area contributed by atoms with Gasteiger partial charge in [-0.2, -0.15) is 0 Å². The van der Waals surface area contributed by atoms with Gasteiger partial charge < -0.3 is 15.1 Å². The van der Waals surface area contributed by atoms with E-state index >= 15 is 0 Å². The highest BCUT2D eigenvalue weighted by Crippen LogP contribution is 2.34. The van der Waals surface area contributed by atoms with Gasteiger partial charge in [-0.15, -0.1) is 0 Å². The first kappa shape index (κ1) is 15.8. The van der Waals surface area contributed by atoms with Crippen molar-refractivity contribution >= 4 is 11.8 Å². The van der Waals surface area contributed by atoms with Crippen LogP contribution < -0.4 is 5.32 Å². The fourth-order valence-corrected chi connectivity index (χ4v) is 4.26. The van der Waals surface area contributed by atoms with E-state index in [9.17, 15) is 9.59 Å². The highest BCUT2D eigenvalue weighted by atomic mass is 16.2. The Hall–Kier alpha value is -1.10. The Morgan fingerprint density at radius 3 is 2.05 bits per heavy atom. The van der Waals surface area contributed by atoms with Gasteiger partial charge in [0.05, 0.1) is 0 Å². The molecule has 1 N–H and O–H groups in total. The zero-order valence-electron chi connectivity index (χ0n) is 13.7. The van der Waals surface area contributed by atoms with Crippen molar-refractivity contribution in [1.82, 2.24) is 15.1 Å². The van der Waals surface area contributed by atoms with Crippen LogP contribution in [0.15, 0.2) is 0 Å². The first-order chi connectivity index (χ1) is 10.7. The van der Waals surface area contributed by atoms with Gasteiger partial charge in [0.15, 0.2) is 0 Å². The third kappa shape index (κ3) is 3.29. The molecule has 1 saturated carbocycles. The predicted molar refractivity (Wildman–Crippen MR) is 85.3 cm³/mol. The van der Waals surface area contributed by atoms with E-state index in [-0.39, 0.29) is 23.7 Å². The van der Waals surface area contributed by atoms with Crippen LogP contribution in [0.25, 0.3) is 0 Å². The molecule has 5 heteroatoms. The first-order valence-corrected chi connectivity index (χ1v) is 8.98. The second kappa shape index (κ2) is 6.99. The smallest absolute Gasteiger partial charge is 0.226 e. The van der Waals surface area contributed by atoms with Crippen molar-refractivity contribution in [3.63, 3.8) is 0 Å². The molecule has 1 aliphatic carbocycles. The molecule has 22 heavy (non-hydrogen) atoms. The second-order valence-electron chi connectivity index (χ2n) is 7.17. The summed E-state index contributed by atoms with van der Waals surface area (Å²) in [6.45, 7) is 6.32. The van der Waals surface area contributed by atoms with Crippen LogP contribution >= 0.6 is 0 Å². The average molecular weight is 307 g/mol. The Morgan fingerprint density at radius 2 is 1.45 bits per heavy atom. The molecule has 2 heterocycles. The minimum Gasteiger partial charge on any atom is -0.342 e. The molecule has 0 spiro atoms. The number of nitrogens with one attached hydrogen (secondary N) is 1. The molecule has 5 nitrogen and oxygen atoms in total. The second-order valence-corrected chi connectivity index (χ2v) is 7.17. The molecule has 3 fully saturated rings. The third-order valence-corrected chi connectivity index (χ3v) is 5.50. The van der Waals surface area contributed by atoms with Gasteiger partial charge in [0.2, 0.25) is 11.8 Å². The lowest BCUT2D eigenvalue weighted by molar-refractivity contribution is -0.148. The van der Waals surface area contributed by atoms with Crippen LogP contribution in [-0.4, -0.2) is 60.4 Å². The summed E-state index contributed by atoms with van der Waals surface area (Å²) in [5.41, 5.74) is 0. The first-order valence-electron chi connectivity index (χ1n) is 8.98. The zero-order valence-corrected chi connectivity index (χ0v) is 13.7. The van der Waals surface area contributed by atoms with Gasteiger partial charge in [0, 0.05) is 50.6 Å². The van der Waals surface area contributed by atoms with Crippen LogP contribution in [0.5, 0.6) is 0 Å². The zero-order chi connectivity index (χ0) is 15.5. The number of hydrogen-bond acceptors (Lipinski definition) is 3. The standard InChI is InChI=1S/C17H29N3O2/c1-13-12-20(11-8-18-13)17(22)15-7-3-2-6-14(15)16(21)19-9-4-5-10-19/h13-15,18H,2-12H2,1H3. The monoisotopic (exact) mass is 307 g/mol. The molecule has 3 atom stereocenters. The van der Waals surface area contributed by atoms with Gasteiger partial charge in [-0.3, -0.25) is 9.59 Å². The highest BCUT2D eigenvalue weighted by molar-refractivity contribution is 5.88. The quantitative estimate of drug-likeness (QED) is 0.835. The van der Waals surface area contributed by atoms with Gasteiger partial charge in [0.25, 0.3) is 0 Å². The largest absolute Gasteiger partial charge is 0.342 e. The number of nitrogens with zero attached hydrogens (tertiary/aromatic N) is 2. The maximum Gasteiger partial charge on any atom is 0.226 e. The van der Waals surface area contributed by atoms with E-state index < -0.39 is 0 Å². The number of rotatable bonds is 2. The van der Waals surface area contributed by atoms with Crippen LogP contribution in [-0.2, 0) is 9.59 Å². The number of hydrogen-bond donors (Lipinski definition) is 1. The minimum atomic E-state index is -0.0767. The van der Waals surface area contributed by atoms with Crippen molar-refractivity contribution in [2.75, 3.05) is 32.7 Å². The predicted octanol–water partition coefficient (Wildman–Crippen LogP) is 1.24. The Kier molecular flexibility index (Phi) is 5.01. The lowest BCUT2D eigenvalue weighted by Crippen LogP contribution is -2.54. The summed E-state index contributed by atoms with van der Waals surface area (Å²) in [4.78, 5) is 29.7. The number of carbonyl (C=O) groups is 2. The maximum absolute atomic E-state index is 13.0. The summed E-state index contributed by atoms with van der Waals surface area (Å²) in [5, 5.41) is 3.38. The number of likely N-dealkylation sites (tertiary alicyclic amines) is 1. The molecule has 124 valence electrons. The molecule has 0 radical (unpaired) electrons. The highest BCUT2D eigenvalue weighted by Gasteiger charge is 2.40. The van der Waals surface area contributed by atoms with Crippen LogP contribution in [0.2, 0.25) is 0 Å². The van der Waals surface area contributed by atoms with Gasteiger partial charge in [-0.05, 0) is 32.6 Å². The molecule has 3 aliphatic rings. The van der Waals surface area contributed by atoms with Gasteiger partial charge in [-0.25, -0.2) is 0 Å². The molecule has 0 aromatic rings. The summed E-state index contributed by atoms with van der Waals surface area (Å²) in [7, 11) is 0. The Labute approximate surface area is 133 Å². The van der Waals surface area contributed by atoms with Crippen molar-refractivity contribution in [3.05, 3.63) is 0 Å². The molecule has 2 saturated heterocycles. The molecular formula is C17H29N3O2. The minimum absolute atomic E-state index is 0.0652. The van der Waals surface area contributed by atoms with E-state index in [1.807, 2.05) is 9.80 Å². The molecule has 2 amide bonds. The normalized spacial score (nSPS) is 33.0. The van der Waals surface area contributed by atoms with Crippen LogP contribution in [0, 0.1) is 11.8 Å². The molecule has 2 aliphatic heterocycles. The van der Waals surface area contributed by atoms with Crippen LogP contribution in [0.3, 0.4) is 0 Å². The molecule has 3 unspecified atom stereocenters. The lowest BCUT2D eigenvalue weighted by Gasteiger charge is -2.38. The van der Waals surface area contributed by atoms with E-state index in [0.717, 1.165) is 71.2 Å². The van der Waals surface area contributed by atoms with E-state index in [2.05, 4.69) is 12.2 Å². The summed E-state index contributed by atoms with van der Waals surface area (Å²) < 4.78 is 0. The fourth-order valence-electron chi connectivity index (χ4n) is 4.26. The van der Waals surface area contributed by atoms with Gasteiger partial charge >= 0.3 is 0 Å². The SMILES string of the molecule is CC1CN(C(=O)C2CCCCC2C(=O)N2CCCC2)CCN1. The van der Waals surface area contributed by atoms with Crippen molar-refractivity contribution in [2.45, 2.75) is 51.5 Å². The lowest BCUT2D eigenvalue weighted by atomic mass is 9.77. The number of carbonyl (C=O) groups excluding carboxylic acids is 2. The molecule has 3 rings (SSSR count).